The lowest BCUT2D eigenvalue weighted by molar-refractivity contribution is -0.125. The van der Waals surface area contributed by atoms with Gasteiger partial charge in [-0.15, -0.1) is 0 Å². The summed E-state index contributed by atoms with van der Waals surface area (Å²) in [5.41, 5.74) is -0.283. The molecule has 0 unspecified atom stereocenters. The Kier molecular flexibility index (Phi) is 3.81. The second-order valence-electron chi connectivity index (χ2n) is 3.31. The van der Waals surface area contributed by atoms with E-state index in [0.29, 0.717) is 5.75 Å². The van der Waals surface area contributed by atoms with Crippen molar-refractivity contribution in [3.05, 3.63) is 0 Å². The summed E-state index contributed by atoms with van der Waals surface area (Å²) < 4.78 is 0. The van der Waals surface area contributed by atoms with Crippen molar-refractivity contribution in [2.45, 2.75) is 26.0 Å². The number of rotatable bonds is 2. The molecule has 0 saturated carbocycles. The topological polar surface area (TPSA) is 17.1 Å². The monoisotopic (exact) mass is 178 g/mol. The van der Waals surface area contributed by atoms with Crippen LogP contribution in [0, 0.1) is 5.41 Å². The smallest absolute Gasteiger partial charge is 0.151 e. The Morgan fingerprint density at radius 2 is 1.90 bits per heavy atom. The molecule has 10 heavy (non-hydrogen) atoms. The highest BCUT2D eigenvalue weighted by Crippen LogP contribution is 2.19. The zero-order chi connectivity index (χ0) is 8.36. The van der Waals surface area contributed by atoms with Crippen molar-refractivity contribution in [1.29, 1.82) is 0 Å². The van der Waals surface area contributed by atoms with Crippen molar-refractivity contribution in [1.82, 2.24) is 0 Å². The molecule has 0 radical (unpaired) electrons. The van der Waals surface area contributed by atoms with E-state index in [2.05, 4.69) is 25.3 Å². The average Bonchev–Trinajstić information content (AvgIpc) is 1.83. The van der Waals surface area contributed by atoms with Gasteiger partial charge in [-0.3, -0.25) is 4.79 Å². The van der Waals surface area contributed by atoms with Crippen molar-refractivity contribution in [3.8, 4) is 0 Å². The number of hydrogen-bond donors (Lipinski definition) is 2. The summed E-state index contributed by atoms with van der Waals surface area (Å²) in [4.78, 5) is 11.3. The second kappa shape index (κ2) is 3.67. The fourth-order valence-electron chi connectivity index (χ4n) is 0.583. The summed E-state index contributed by atoms with van der Waals surface area (Å²) in [6, 6.07) is 0. The van der Waals surface area contributed by atoms with Crippen LogP contribution < -0.4 is 0 Å². The van der Waals surface area contributed by atoms with Crippen molar-refractivity contribution >= 4 is 31.0 Å². The predicted molar refractivity (Wildman–Crippen MR) is 51.1 cm³/mol. The molecule has 0 rings (SSSR count). The van der Waals surface area contributed by atoms with E-state index in [1.165, 1.54) is 0 Å². The number of thiol groups is 2. The molecule has 0 amide bonds. The molecule has 1 atom stereocenters. The van der Waals surface area contributed by atoms with E-state index in [9.17, 15) is 4.79 Å². The number of carbonyl (C=O) groups is 1. The van der Waals surface area contributed by atoms with Gasteiger partial charge in [0.15, 0.2) is 5.78 Å². The van der Waals surface area contributed by atoms with Crippen LogP contribution in [0.25, 0.3) is 0 Å². The molecule has 0 bridgehead atoms. The number of ketones is 1. The van der Waals surface area contributed by atoms with Crippen LogP contribution in [0.15, 0.2) is 0 Å². The van der Waals surface area contributed by atoms with Gasteiger partial charge in [-0.2, -0.15) is 25.3 Å². The Hall–Kier alpha value is 0.370. The molecule has 0 N–H and O–H groups in total. The number of carbonyl (C=O) groups excluding carboxylic acids is 1. The van der Waals surface area contributed by atoms with Crippen LogP contribution in [0.2, 0.25) is 0 Å². The minimum Gasteiger partial charge on any atom is -0.298 e. The van der Waals surface area contributed by atoms with Crippen molar-refractivity contribution < 1.29 is 4.79 Å². The van der Waals surface area contributed by atoms with Crippen LogP contribution >= 0.6 is 25.3 Å². The molecule has 0 aliphatic rings. The first-order chi connectivity index (χ1) is 4.39. The highest BCUT2D eigenvalue weighted by atomic mass is 32.1. The summed E-state index contributed by atoms with van der Waals surface area (Å²) in [6.45, 7) is 5.67. The van der Waals surface area contributed by atoms with Crippen LogP contribution in [0.3, 0.4) is 0 Å². The van der Waals surface area contributed by atoms with E-state index in [1.807, 2.05) is 20.8 Å². The molecule has 0 saturated heterocycles. The van der Waals surface area contributed by atoms with Crippen molar-refractivity contribution in [2.75, 3.05) is 5.75 Å². The van der Waals surface area contributed by atoms with Crippen molar-refractivity contribution in [3.63, 3.8) is 0 Å². The molecule has 1 nitrogen and oxygen atoms in total. The maximum absolute atomic E-state index is 11.3. The van der Waals surface area contributed by atoms with Gasteiger partial charge in [0.2, 0.25) is 0 Å². The normalized spacial score (nSPS) is 14.9. The first-order valence-corrected chi connectivity index (χ1v) is 4.37. The molecule has 3 heteroatoms. The van der Waals surface area contributed by atoms with Crippen LogP contribution in [0.5, 0.6) is 0 Å². The van der Waals surface area contributed by atoms with Gasteiger partial charge in [0.05, 0.1) is 5.25 Å². The highest BCUT2D eigenvalue weighted by molar-refractivity contribution is 7.85. The average molecular weight is 178 g/mol. The third kappa shape index (κ3) is 2.97. The van der Waals surface area contributed by atoms with Gasteiger partial charge in [0, 0.05) is 11.2 Å². The minimum atomic E-state index is -0.283. The van der Waals surface area contributed by atoms with E-state index in [0.717, 1.165) is 0 Å². The Morgan fingerprint density at radius 3 is 2.00 bits per heavy atom. The molecule has 0 aromatic heterocycles. The second-order valence-corrected chi connectivity index (χ2v) is 4.30. The van der Waals surface area contributed by atoms with Gasteiger partial charge in [-0.1, -0.05) is 20.8 Å². The SMILES string of the molecule is CC(C)(C)C(=O)[C@@H](S)CS. The maximum Gasteiger partial charge on any atom is 0.151 e. The van der Waals surface area contributed by atoms with Gasteiger partial charge >= 0.3 is 0 Å². The lowest BCUT2D eigenvalue weighted by Gasteiger charge is -2.19. The predicted octanol–water partition coefficient (Wildman–Crippen LogP) is 1.83. The van der Waals surface area contributed by atoms with Crippen LogP contribution in [-0.2, 0) is 4.79 Å². The summed E-state index contributed by atoms with van der Waals surface area (Å²) in [6.07, 6.45) is 0. The van der Waals surface area contributed by atoms with E-state index in [1.54, 1.807) is 0 Å². The largest absolute Gasteiger partial charge is 0.298 e. The lowest BCUT2D eigenvalue weighted by atomic mass is 9.89. The Labute approximate surface area is 73.4 Å². The molecule has 0 aromatic rings. The first-order valence-electron chi connectivity index (χ1n) is 3.23. The Balaban J connectivity index is 4.09. The quantitative estimate of drug-likeness (QED) is 0.617. The molecule has 0 aliphatic carbocycles. The third-order valence-corrected chi connectivity index (χ3v) is 2.29. The summed E-state index contributed by atoms with van der Waals surface area (Å²) in [5, 5.41) is -0.219. The fraction of sp³-hybridized carbons (Fsp3) is 0.857. The Morgan fingerprint density at radius 1 is 1.50 bits per heavy atom. The zero-order valence-corrected chi connectivity index (χ0v) is 8.38. The van der Waals surface area contributed by atoms with E-state index >= 15 is 0 Å². The standard InChI is InChI=1S/C7H14OS2/c1-7(2,3)6(8)5(10)4-9/h5,9-10H,4H2,1-3H3/t5-/m0/s1. The minimum absolute atomic E-state index is 0.158. The Bertz CT molecular complexity index is 126. The first kappa shape index (κ1) is 10.4. The molecule has 60 valence electrons. The fourth-order valence-corrected chi connectivity index (χ4v) is 1.14. The number of hydrogen-bond acceptors (Lipinski definition) is 3. The molecular formula is C7H14OS2. The molecular weight excluding hydrogens is 164 g/mol. The van der Waals surface area contributed by atoms with Crippen LogP contribution in [-0.4, -0.2) is 16.8 Å². The lowest BCUT2D eigenvalue weighted by Crippen LogP contribution is -2.29. The summed E-state index contributed by atoms with van der Waals surface area (Å²) >= 11 is 8.08. The van der Waals surface area contributed by atoms with E-state index in [-0.39, 0.29) is 16.4 Å². The molecule has 0 aromatic carbocycles. The third-order valence-electron chi connectivity index (χ3n) is 1.21. The van der Waals surface area contributed by atoms with E-state index in [4.69, 9.17) is 0 Å². The van der Waals surface area contributed by atoms with Gasteiger partial charge in [0.25, 0.3) is 0 Å². The molecule has 0 aliphatic heterocycles. The molecule has 0 fully saturated rings. The maximum atomic E-state index is 11.3. The van der Waals surface area contributed by atoms with E-state index < -0.39 is 0 Å². The highest BCUT2D eigenvalue weighted by Gasteiger charge is 2.25. The van der Waals surface area contributed by atoms with Gasteiger partial charge in [-0.25, -0.2) is 0 Å². The summed E-state index contributed by atoms with van der Waals surface area (Å²) in [7, 11) is 0. The van der Waals surface area contributed by atoms with Gasteiger partial charge < -0.3 is 0 Å². The van der Waals surface area contributed by atoms with Gasteiger partial charge in [0.1, 0.15) is 0 Å². The summed E-state index contributed by atoms with van der Waals surface area (Å²) in [5.74, 6) is 0.671. The van der Waals surface area contributed by atoms with Crippen LogP contribution in [0.1, 0.15) is 20.8 Å². The molecule has 0 heterocycles. The number of Topliss-reactive ketones (excluding diaryl/α,β-unsaturated/α-hetero) is 1. The molecule has 0 spiro atoms. The van der Waals surface area contributed by atoms with Crippen molar-refractivity contribution in [2.24, 2.45) is 5.41 Å². The van der Waals surface area contributed by atoms with Gasteiger partial charge in [-0.05, 0) is 0 Å². The zero-order valence-electron chi connectivity index (χ0n) is 6.59. The van der Waals surface area contributed by atoms with Crippen LogP contribution in [0.4, 0.5) is 0 Å².